The Balaban J connectivity index is 0. The van der Waals surface area contributed by atoms with E-state index in [-0.39, 0.29) is 23.7 Å². The monoisotopic (exact) mass is 368 g/mol. The van der Waals surface area contributed by atoms with E-state index in [9.17, 15) is 9.59 Å². The van der Waals surface area contributed by atoms with E-state index in [2.05, 4.69) is 55.4 Å². The molecule has 0 aliphatic carbocycles. The van der Waals surface area contributed by atoms with Gasteiger partial charge in [-0.2, -0.15) is 0 Å². The third kappa shape index (κ3) is 11.9. The number of carbonyl (C=O) groups is 2. The summed E-state index contributed by atoms with van der Waals surface area (Å²) in [5.41, 5.74) is 0. The maximum Gasteiger partial charge on any atom is 0.138 e. The van der Waals surface area contributed by atoms with Crippen LogP contribution in [0.4, 0.5) is 0 Å². The predicted molar refractivity (Wildman–Crippen MR) is 115 cm³/mol. The molecule has 2 heteroatoms. The minimum absolute atomic E-state index is 0.185. The molecule has 26 heavy (non-hydrogen) atoms. The van der Waals surface area contributed by atoms with Crippen molar-refractivity contribution < 1.29 is 9.59 Å². The van der Waals surface area contributed by atoms with Crippen molar-refractivity contribution in [2.75, 3.05) is 0 Å². The SMILES string of the molecule is CC(C)CC(C)C(C)C(=O)C(C)C.CC(C)CC(C)C(C)C(=O)C(C)C. The lowest BCUT2D eigenvalue weighted by atomic mass is 9.82. The van der Waals surface area contributed by atoms with E-state index in [0.717, 1.165) is 12.8 Å². The van der Waals surface area contributed by atoms with Crippen LogP contribution in [-0.2, 0) is 9.59 Å². The summed E-state index contributed by atoms with van der Waals surface area (Å²) in [5, 5.41) is 0. The number of carbonyl (C=O) groups excluding carboxylic acids is 2. The number of rotatable bonds is 10. The van der Waals surface area contributed by atoms with Gasteiger partial charge in [0.15, 0.2) is 0 Å². The summed E-state index contributed by atoms with van der Waals surface area (Å²) in [6.45, 7) is 25.3. The second-order valence-corrected chi connectivity index (χ2v) is 9.91. The molecule has 4 atom stereocenters. The molecule has 0 bridgehead atoms. The molecule has 0 aromatic carbocycles. The third-order valence-electron chi connectivity index (χ3n) is 5.43. The third-order valence-corrected chi connectivity index (χ3v) is 5.43. The fraction of sp³-hybridized carbons (Fsp3) is 0.917. The van der Waals surface area contributed by atoms with Crippen molar-refractivity contribution in [2.24, 2.45) is 47.3 Å². The first-order valence-electron chi connectivity index (χ1n) is 10.8. The van der Waals surface area contributed by atoms with Crippen molar-refractivity contribution >= 4 is 11.6 Å². The Kier molecular flexibility index (Phi) is 14.3. The molecule has 2 nitrogen and oxygen atoms in total. The molecule has 0 aliphatic heterocycles. The molecule has 0 heterocycles. The van der Waals surface area contributed by atoms with Crippen LogP contribution in [0.25, 0.3) is 0 Å². The smallest absolute Gasteiger partial charge is 0.138 e. The van der Waals surface area contributed by atoms with Crippen LogP contribution in [0.5, 0.6) is 0 Å². The minimum Gasteiger partial charge on any atom is -0.299 e. The van der Waals surface area contributed by atoms with Crippen molar-refractivity contribution in [1.29, 1.82) is 0 Å². The molecular formula is C24H48O2. The number of ketones is 2. The maximum absolute atomic E-state index is 11.7. The standard InChI is InChI=1S/2C12H24O/c2*1-8(2)7-10(5)11(6)12(13)9(3)4/h2*8-11H,7H2,1-6H3. The first kappa shape index (κ1) is 27.6. The molecule has 0 rings (SSSR count). The van der Waals surface area contributed by atoms with Gasteiger partial charge in [-0.1, -0.05) is 83.1 Å². The average Bonchev–Trinajstić information content (AvgIpc) is 2.50. The Bertz CT molecular complexity index is 355. The maximum atomic E-state index is 11.7. The van der Waals surface area contributed by atoms with Crippen LogP contribution in [0.15, 0.2) is 0 Å². The summed E-state index contributed by atoms with van der Waals surface area (Å²) in [5.74, 6) is 4.07. The van der Waals surface area contributed by atoms with E-state index in [4.69, 9.17) is 0 Å². The highest BCUT2D eigenvalue weighted by atomic mass is 16.1. The molecule has 0 aromatic rings. The van der Waals surface area contributed by atoms with Crippen molar-refractivity contribution in [1.82, 2.24) is 0 Å². The topological polar surface area (TPSA) is 34.1 Å². The highest BCUT2D eigenvalue weighted by Crippen LogP contribution is 2.23. The second-order valence-electron chi connectivity index (χ2n) is 9.91. The summed E-state index contributed by atoms with van der Waals surface area (Å²) in [4.78, 5) is 23.3. The van der Waals surface area contributed by atoms with Crippen LogP contribution >= 0.6 is 0 Å². The lowest BCUT2D eigenvalue weighted by Gasteiger charge is -2.21. The molecule has 0 saturated heterocycles. The highest BCUT2D eigenvalue weighted by Gasteiger charge is 2.23. The molecule has 0 spiro atoms. The van der Waals surface area contributed by atoms with Crippen LogP contribution < -0.4 is 0 Å². The van der Waals surface area contributed by atoms with Gasteiger partial charge in [0.05, 0.1) is 0 Å². The van der Waals surface area contributed by atoms with Gasteiger partial charge in [-0.15, -0.1) is 0 Å². The van der Waals surface area contributed by atoms with Gasteiger partial charge in [-0.05, 0) is 36.5 Å². The van der Waals surface area contributed by atoms with Gasteiger partial charge in [0.25, 0.3) is 0 Å². The minimum atomic E-state index is 0.185. The summed E-state index contributed by atoms with van der Waals surface area (Å²) in [6, 6.07) is 0. The Morgan fingerprint density at radius 1 is 0.500 bits per heavy atom. The molecule has 0 saturated carbocycles. The van der Waals surface area contributed by atoms with E-state index >= 15 is 0 Å². The van der Waals surface area contributed by atoms with E-state index in [1.54, 1.807) is 0 Å². The zero-order valence-corrected chi connectivity index (χ0v) is 19.8. The number of hydrogen-bond acceptors (Lipinski definition) is 2. The molecule has 0 amide bonds. The first-order valence-corrected chi connectivity index (χ1v) is 10.8. The van der Waals surface area contributed by atoms with Gasteiger partial charge < -0.3 is 0 Å². The average molecular weight is 369 g/mol. The van der Waals surface area contributed by atoms with Crippen LogP contribution in [-0.4, -0.2) is 11.6 Å². The zero-order chi connectivity index (χ0) is 21.2. The Labute approximate surface area is 164 Å². The van der Waals surface area contributed by atoms with Gasteiger partial charge in [0, 0.05) is 23.7 Å². The second kappa shape index (κ2) is 13.5. The van der Waals surface area contributed by atoms with Crippen molar-refractivity contribution in [3.63, 3.8) is 0 Å². The van der Waals surface area contributed by atoms with Gasteiger partial charge >= 0.3 is 0 Å². The molecule has 4 unspecified atom stereocenters. The molecule has 0 aromatic heterocycles. The van der Waals surface area contributed by atoms with E-state index in [0.29, 0.717) is 35.2 Å². The van der Waals surface area contributed by atoms with Gasteiger partial charge in [-0.3, -0.25) is 9.59 Å². The summed E-state index contributed by atoms with van der Waals surface area (Å²) in [7, 11) is 0. The van der Waals surface area contributed by atoms with Crippen molar-refractivity contribution in [3.8, 4) is 0 Å². The van der Waals surface area contributed by atoms with Gasteiger partial charge in [0.1, 0.15) is 11.6 Å². The fourth-order valence-corrected chi connectivity index (χ4v) is 3.51. The summed E-state index contributed by atoms with van der Waals surface area (Å²) >= 11 is 0. The van der Waals surface area contributed by atoms with Crippen molar-refractivity contribution in [2.45, 2.75) is 95.9 Å². The Morgan fingerprint density at radius 3 is 0.885 bits per heavy atom. The number of Topliss-reactive ketones (excluding diaryl/α,β-unsaturated/α-hetero) is 2. The normalized spacial score (nSPS) is 16.3. The molecule has 0 fully saturated rings. The molecule has 156 valence electrons. The van der Waals surface area contributed by atoms with Gasteiger partial charge in [-0.25, -0.2) is 0 Å². The van der Waals surface area contributed by atoms with Crippen LogP contribution in [0.3, 0.4) is 0 Å². The lowest BCUT2D eigenvalue weighted by molar-refractivity contribution is -0.127. The highest BCUT2D eigenvalue weighted by molar-refractivity contribution is 5.83. The lowest BCUT2D eigenvalue weighted by Crippen LogP contribution is -2.24. The quantitative estimate of drug-likeness (QED) is 0.413. The summed E-state index contributed by atoms with van der Waals surface area (Å²) in [6.07, 6.45) is 2.30. The fourth-order valence-electron chi connectivity index (χ4n) is 3.51. The van der Waals surface area contributed by atoms with E-state index in [1.807, 2.05) is 27.7 Å². The van der Waals surface area contributed by atoms with Gasteiger partial charge in [0.2, 0.25) is 0 Å². The largest absolute Gasteiger partial charge is 0.299 e. The molecule has 0 radical (unpaired) electrons. The first-order chi connectivity index (χ1) is 11.7. The van der Waals surface area contributed by atoms with E-state index in [1.165, 1.54) is 0 Å². The summed E-state index contributed by atoms with van der Waals surface area (Å²) < 4.78 is 0. The Morgan fingerprint density at radius 2 is 0.731 bits per heavy atom. The zero-order valence-electron chi connectivity index (χ0n) is 19.8. The number of hydrogen-bond donors (Lipinski definition) is 0. The molecule has 0 aliphatic rings. The van der Waals surface area contributed by atoms with E-state index < -0.39 is 0 Å². The van der Waals surface area contributed by atoms with Crippen molar-refractivity contribution in [3.05, 3.63) is 0 Å². The predicted octanol–water partition coefficient (Wildman–Crippen LogP) is 7.06. The van der Waals surface area contributed by atoms with Crippen LogP contribution in [0, 0.1) is 47.3 Å². The molecule has 0 N–H and O–H groups in total. The molecular weight excluding hydrogens is 320 g/mol. The van der Waals surface area contributed by atoms with Crippen LogP contribution in [0.2, 0.25) is 0 Å². The van der Waals surface area contributed by atoms with Crippen LogP contribution in [0.1, 0.15) is 95.9 Å². The Hall–Kier alpha value is -0.660.